The van der Waals surface area contributed by atoms with Gasteiger partial charge in [-0.1, -0.05) is 39.0 Å². The van der Waals surface area contributed by atoms with Crippen LogP contribution in [-0.2, 0) is 32.8 Å². The maximum atomic E-state index is 14.1. The topological polar surface area (TPSA) is 186 Å². The molecule has 3 N–H and O–H groups in total. The molecule has 228 valence electrons. The van der Waals surface area contributed by atoms with Gasteiger partial charge in [0.05, 0.1) is 23.5 Å². The second-order valence-corrected chi connectivity index (χ2v) is 13.1. The Hall–Kier alpha value is -4.15. The normalized spacial score (nSPS) is 25.2. The second kappa shape index (κ2) is 11.5. The Balaban J connectivity index is 1.41. The van der Waals surface area contributed by atoms with Crippen LogP contribution in [0.2, 0.25) is 0 Å². The second-order valence-electron chi connectivity index (χ2n) is 11.4. The fraction of sp³-hybridized carbons (Fsp3) is 0.429. The highest BCUT2D eigenvalue weighted by Crippen LogP contribution is 2.51. The molecule has 2 aliphatic heterocycles. The monoisotopic (exact) mass is 613 g/mol. The highest BCUT2D eigenvalue weighted by atomic mass is 31.2. The van der Waals surface area contributed by atoms with Crippen LogP contribution in [0.5, 0.6) is 5.75 Å². The minimum Gasteiger partial charge on any atom is -0.464 e. The zero-order chi connectivity index (χ0) is 31.0. The predicted molar refractivity (Wildman–Crippen MR) is 151 cm³/mol. The predicted octanol–water partition coefficient (Wildman–Crippen LogP) is 3.93. The summed E-state index contributed by atoms with van der Waals surface area (Å²) in [6, 6.07) is 14.0. The SMILES string of the molecule is C[C@H](N[P@](=O)(OC[C@@]1(C#N)O[C@@H](c2ccc3c(N)ccnn23)[C@@H]2OC(=O)O[C@@H]21)Oc1ccccc1)C(=O)OCC(C)(C)C. The van der Waals surface area contributed by atoms with E-state index in [1.54, 1.807) is 48.5 Å². The first-order chi connectivity index (χ1) is 20.3. The number of nitrogens with two attached hydrogens (primary N) is 1. The summed E-state index contributed by atoms with van der Waals surface area (Å²) in [5.74, 6) is -0.519. The van der Waals surface area contributed by atoms with Gasteiger partial charge in [-0.2, -0.15) is 15.4 Å². The molecule has 0 unspecified atom stereocenters. The number of anilines is 1. The Kier molecular flexibility index (Phi) is 8.11. The average Bonchev–Trinajstić information content (AvgIpc) is 3.64. The summed E-state index contributed by atoms with van der Waals surface area (Å²) in [6.45, 7) is 6.56. The highest BCUT2D eigenvalue weighted by molar-refractivity contribution is 7.52. The van der Waals surface area contributed by atoms with Crippen LogP contribution >= 0.6 is 7.75 Å². The molecule has 1 aromatic carbocycles. The lowest BCUT2D eigenvalue weighted by Gasteiger charge is -2.28. The van der Waals surface area contributed by atoms with Crippen molar-refractivity contribution < 1.29 is 42.1 Å². The molecule has 2 aromatic heterocycles. The van der Waals surface area contributed by atoms with Crippen molar-refractivity contribution in [2.75, 3.05) is 18.9 Å². The Morgan fingerprint density at radius 3 is 2.67 bits per heavy atom. The van der Waals surface area contributed by atoms with Crippen LogP contribution in [0.3, 0.4) is 0 Å². The van der Waals surface area contributed by atoms with Crippen molar-refractivity contribution in [1.29, 1.82) is 5.26 Å². The van der Waals surface area contributed by atoms with Crippen LogP contribution in [0.25, 0.3) is 5.52 Å². The number of ether oxygens (including phenoxy) is 4. The number of carbonyl (C=O) groups is 2. The van der Waals surface area contributed by atoms with Crippen LogP contribution in [0.4, 0.5) is 10.5 Å². The van der Waals surface area contributed by atoms with Gasteiger partial charge in [-0.25, -0.2) is 13.9 Å². The number of carbonyl (C=O) groups excluding carboxylic acids is 2. The highest BCUT2D eigenvalue weighted by Gasteiger charge is 2.65. The zero-order valence-electron chi connectivity index (χ0n) is 24.0. The smallest absolute Gasteiger partial charge is 0.464 e. The van der Waals surface area contributed by atoms with E-state index < -0.39 is 56.4 Å². The first kappa shape index (κ1) is 30.3. The van der Waals surface area contributed by atoms with Crippen LogP contribution in [-0.4, -0.2) is 58.8 Å². The molecule has 2 aliphatic rings. The molecule has 3 aromatic rings. The number of aromatic nitrogens is 2. The van der Waals surface area contributed by atoms with E-state index in [-0.39, 0.29) is 17.8 Å². The van der Waals surface area contributed by atoms with Crippen LogP contribution in [0.1, 0.15) is 39.5 Å². The third-order valence-corrected chi connectivity index (χ3v) is 8.34. The van der Waals surface area contributed by atoms with Crippen molar-refractivity contribution in [1.82, 2.24) is 14.7 Å². The van der Waals surface area contributed by atoms with Crippen LogP contribution in [0, 0.1) is 16.7 Å². The number of hydrogen-bond acceptors (Lipinski definition) is 12. The Morgan fingerprint density at radius 2 is 1.98 bits per heavy atom. The lowest BCUT2D eigenvalue weighted by Crippen LogP contribution is -2.46. The van der Waals surface area contributed by atoms with Gasteiger partial charge in [0, 0.05) is 6.20 Å². The first-order valence-corrected chi connectivity index (χ1v) is 15.0. The van der Waals surface area contributed by atoms with Gasteiger partial charge in [-0.15, -0.1) is 0 Å². The number of nitrogen functional groups attached to an aromatic ring is 1. The van der Waals surface area contributed by atoms with E-state index in [1.165, 1.54) is 17.6 Å². The molecule has 0 aliphatic carbocycles. The van der Waals surface area contributed by atoms with Crippen molar-refractivity contribution in [2.45, 2.75) is 57.6 Å². The lowest BCUT2D eigenvalue weighted by atomic mass is 9.96. The summed E-state index contributed by atoms with van der Waals surface area (Å²) in [7, 11) is -4.40. The molecule has 5 rings (SSSR count). The summed E-state index contributed by atoms with van der Waals surface area (Å²) in [5.41, 5.74) is 5.24. The van der Waals surface area contributed by atoms with E-state index >= 15 is 0 Å². The van der Waals surface area contributed by atoms with Gasteiger partial charge < -0.3 is 29.2 Å². The number of nitrogens with zero attached hydrogens (tertiary/aromatic N) is 3. The Morgan fingerprint density at radius 1 is 1.23 bits per heavy atom. The molecule has 0 amide bonds. The number of fused-ring (bicyclic) bond motifs is 2. The molecule has 43 heavy (non-hydrogen) atoms. The third-order valence-electron chi connectivity index (χ3n) is 6.72. The number of benzene rings is 1. The number of nitriles is 1. The van der Waals surface area contributed by atoms with Gasteiger partial charge in [-0.3, -0.25) is 9.32 Å². The molecule has 4 heterocycles. The quantitative estimate of drug-likeness (QED) is 0.248. The van der Waals surface area contributed by atoms with Crippen molar-refractivity contribution in [2.24, 2.45) is 5.41 Å². The number of hydrogen-bond donors (Lipinski definition) is 2. The van der Waals surface area contributed by atoms with Gasteiger partial charge in [0.25, 0.3) is 0 Å². The molecule has 0 radical (unpaired) electrons. The van der Waals surface area contributed by atoms with Crippen molar-refractivity contribution in [3.8, 4) is 11.8 Å². The standard InChI is InChI=1S/C28H32N5O9P/c1-17(25(34)37-15-27(2,3)4)32-43(36,42-18-8-6-5-7-9-18)38-16-28(14-29)24-23(39-26(35)40-24)22(41-28)21-11-10-20-19(30)12-13-31-33(20)21/h5-13,17,22-24H,15-16,30H2,1-4H3,(H,32,36)/t17-,22-,23-,24-,28+,43-/m0/s1. The number of nitrogens with one attached hydrogen (secondary N) is 1. The van der Waals surface area contributed by atoms with Gasteiger partial charge in [0.1, 0.15) is 30.6 Å². The van der Waals surface area contributed by atoms with Gasteiger partial charge in [0.15, 0.2) is 12.2 Å². The van der Waals surface area contributed by atoms with Crippen molar-refractivity contribution in [3.63, 3.8) is 0 Å². The Labute approximate surface area is 247 Å². The largest absolute Gasteiger partial charge is 0.509 e. The first-order valence-electron chi connectivity index (χ1n) is 13.5. The van der Waals surface area contributed by atoms with Crippen LogP contribution in [0.15, 0.2) is 54.7 Å². The van der Waals surface area contributed by atoms with E-state index in [0.717, 1.165) is 0 Å². The molecular formula is C28H32N5O9P. The van der Waals surface area contributed by atoms with Crippen molar-refractivity contribution in [3.05, 3.63) is 60.4 Å². The van der Waals surface area contributed by atoms with E-state index in [9.17, 15) is 19.4 Å². The molecule has 0 bridgehead atoms. The number of para-hydroxylation sites is 1. The van der Waals surface area contributed by atoms with Gasteiger partial charge in [0.2, 0.25) is 5.60 Å². The van der Waals surface area contributed by atoms with Crippen molar-refractivity contribution >= 4 is 31.1 Å². The lowest BCUT2D eigenvalue weighted by molar-refractivity contribution is -0.148. The third kappa shape index (κ3) is 6.30. The van der Waals surface area contributed by atoms with E-state index in [1.807, 2.05) is 26.8 Å². The molecular weight excluding hydrogens is 581 g/mol. The van der Waals surface area contributed by atoms with E-state index in [2.05, 4.69) is 10.2 Å². The molecule has 0 saturated carbocycles. The molecule has 14 nitrogen and oxygen atoms in total. The summed E-state index contributed by atoms with van der Waals surface area (Å²) >= 11 is 0. The maximum Gasteiger partial charge on any atom is 0.509 e. The van der Waals surface area contributed by atoms with Crippen LogP contribution < -0.4 is 15.3 Å². The zero-order valence-corrected chi connectivity index (χ0v) is 24.9. The number of esters is 1. The Bertz CT molecular complexity index is 1600. The van der Waals surface area contributed by atoms with E-state index in [0.29, 0.717) is 16.9 Å². The molecule has 2 fully saturated rings. The summed E-state index contributed by atoms with van der Waals surface area (Å²) in [6.07, 6.45) is -2.86. The molecule has 2 saturated heterocycles. The van der Waals surface area contributed by atoms with E-state index in [4.69, 9.17) is 33.7 Å². The molecule has 15 heteroatoms. The summed E-state index contributed by atoms with van der Waals surface area (Å²) in [5, 5.41) is 17.2. The van der Waals surface area contributed by atoms with Gasteiger partial charge >= 0.3 is 19.9 Å². The minimum absolute atomic E-state index is 0.124. The summed E-state index contributed by atoms with van der Waals surface area (Å²) < 4.78 is 49.4. The molecule has 6 atom stereocenters. The van der Waals surface area contributed by atoms with Gasteiger partial charge in [-0.05, 0) is 42.7 Å². The fourth-order valence-electron chi connectivity index (χ4n) is 4.65. The fourth-order valence-corrected chi connectivity index (χ4v) is 6.17. The summed E-state index contributed by atoms with van der Waals surface area (Å²) in [4.78, 5) is 25.0. The number of rotatable bonds is 10. The average molecular weight is 614 g/mol. The molecule has 0 spiro atoms. The minimum atomic E-state index is -4.40. The maximum absolute atomic E-state index is 14.1.